The number of nitro benzene ring substituents is 1. The molecule has 2 N–H and O–H groups in total. The fourth-order valence-corrected chi connectivity index (χ4v) is 7.37. The van der Waals surface area contributed by atoms with E-state index in [-0.39, 0.29) is 29.1 Å². The first kappa shape index (κ1) is 24.4. The van der Waals surface area contributed by atoms with Crippen molar-refractivity contribution >= 4 is 47.2 Å². The molecule has 2 saturated heterocycles. The summed E-state index contributed by atoms with van der Waals surface area (Å²) in [6.45, 7) is 2.56. The van der Waals surface area contributed by atoms with E-state index in [2.05, 4.69) is 0 Å². The van der Waals surface area contributed by atoms with Gasteiger partial charge in [-0.3, -0.25) is 19.8 Å². The molecule has 4 rings (SSSR count). The molecule has 13 heteroatoms. The molecule has 2 fully saturated rings. The number of aliphatic hydroxyl groups is 1. The molecule has 34 heavy (non-hydrogen) atoms. The van der Waals surface area contributed by atoms with Crippen molar-refractivity contribution in [3.63, 3.8) is 0 Å². The van der Waals surface area contributed by atoms with E-state index in [1.165, 1.54) is 57.6 Å². The van der Waals surface area contributed by atoms with Crippen LogP contribution in [0.4, 0.5) is 10.5 Å². The van der Waals surface area contributed by atoms with Crippen LogP contribution >= 0.6 is 23.5 Å². The van der Waals surface area contributed by atoms with Crippen LogP contribution in [0.25, 0.3) is 0 Å². The second-order valence-corrected chi connectivity index (χ2v) is 10.8. The van der Waals surface area contributed by atoms with Gasteiger partial charge in [0.1, 0.15) is 12.0 Å². The van der Waals surface area contributed by atoms with E-state index in [0.29, 0.717) is 35.7 Å². The maximum atomic E-state index is 12.5. The number of β-lactam (4-membered cyclic amide) rings is 1. The number of hydrogen-bond donors (Lipinski definition) is 2. The number of carbonyl (C=O) groups is 3. The number of non-ortho nitro benzene ring substituents is 1. The number of benzene rings is 1. The zero-order valence-electron chi connectivity index (χ0n) is 18.2. The second kappa shape index (κ2) is 9.84. The van der Waals surface area contributed by atoms with E-state index in [9.17, 15) is 34.7 Å². The number of rotatable bonds is 8. The highest BCUT2D eigenvalue weighted by atomic mass is 32.2. The lowest BCUT2D eigenvalue weighted by Gasteiger charge is -2.44. The summed E-state index contributed by atoms with van der Waals surface area (Å²) in [5.74, 6) is -2.17. The van der Waals surface area contributed by atoms with Crippen LogP contribution in [0, 0.1) is 16.0 Å². The first-order chi connectivity index (χ1) is 16.2. The highest BCUT2D eigenvalue weighted by molar-refractivity contribution is 8.23. The van der Waals surface area contributed by atoms with Crippen LogP contribution in [0.1, 0.15) is 25.3 Å². The molecule has 1 aromatic rings. The van der Waals surface area contributed by atoms with E-state index in [0.717, 1.165) is 0 Å². The number of likely N-dealkylation sites (tertiary alicyclic amines) is 1. The van der Waals surface area contributed by atoms with Crippen LogP contribution in [-0.4, -0.2) is 72.7 Å². The zero-order valence-corrected chi connectivity index (χ0v) is 19.8. The zero-order chi connectivity index (χ0) is 24.6. The number of thioether (sulfide) groups is 2. The molecule has 3 heterocycles. The standard InChI is InChI=1S/C21H23N3O8S2/c1-2-14(25)15-17(26)23-16(19(27)28)20(34-18(15)23)33-13-7-8-22(9-13)21(29)32-10-11-3-5-12(6-4-11)24(30)31/h3-6,13-15,18,25H,2,7-10H2,1H3,(H,27,28)/t13?,14-,15+,18+/m0/s1. The van der Waals surface area contributed by atoms with Gasteiger partial charge in [-0.25, -0.2) is 9.59 Å². The van der Waals surface area contributed by atoms with Gasteiger partial charge < -0.3 is 19.8 Å². The molecule has 182 valence electrons. The molecule has 0 radical (unpaired) electrons. The van der Waals surface area contributed by atoms with Gasteiger partial charge in [-0.1, -0.05) is 18.7 Å². The predicted octanol–water partition coefficient (Wildman–Crippen LogP) is 2.59. The minimum atomic E-state index is -1.19. The first-order valence-electron chi connectivity index (χ1n) is 10.7. The molecule has 11 nitrogen and oxygen atoms in total. The van der Waals surface area contributed by atoms with Gasteiger partial charge in [0.2, 0.25) is 5.91 Å². The van der Waals surface area contributed by atoms with E-state index in [1.54, 1.807) is 6.92 Å². The molecule has 2 amide bonds. The average Bonchev–Trinajstić information content (AvgIpc) is 3.41. The third kappa shape index (κ3) is 4.59. The fourth-order valence-electron chi connectivity index (χ4n) is 4.09. The summed E-state index contributed by atoms with van der Waals surface area (Å²) in [4.78, 5) is 49.8. The summed E-state index contributed by atoms with van der Waals surface area (Å²) >= 11 is 2.62. The summed E-state index contributed by atoms with van der Waals surface area (Å²) in [6, 6.07) is 5.74. The molecular formula is C21H23N3O8S2. The van der Waals surface area contributed by atoms with Crippen LogP contribution in [0.2, 0.25) is 0 Å². The highest BCUT2D eigenvalue weighted by Crippen LogP contribution is 2.55. The fraction of sp³-hybridized carbons (Fsp3) is 0.476. The van der Waals surface area contributed by atoms with E-state index >= 15 is 0 Å². The summed E-state index contributed by atoms with van der Waals surface area (Å²) in [5.41, 5.74) is 0.528. The molecule has 0 aromatic heterocycles. The third-order valence-corrected chi connectivity index (χ3v) is 8.82. The Hall–Kier alpha value is -2.77. The SMILES string of the molecule is CC[C@H](O)[C@@H]1C(=O)N2C(C(=O)O)=C(SC3CCN(C(=O)OCc4ccc([N+](=O)[O-])cc4)C3)S[C@H]12. The van der Waals surface area contributed by atoms with Gasteiger partial charge in [-0.15, -0.1) is 11.8 Å². The van der Waals surface area contributed by atoms with Gasteiger partial charge in [0.15, 0.2) is 5.70 Å². The molecule has 0 saturated carbocycles. The second-order valence-electron chi connectivity index (χ2n) is 8.11. The molecular weight excluding hydrogens is 486 g/mol. The van der Waals surface area contributed by atoms with Gasteiger partial charge in [0, 0.05) is 30.5 Å². The topological polar surface area (TPSA) is 151 Å². The number of carboxylic acids is 1. The number of aliphatic hydroxyl groups excluding tert-OH is 1. The van der Waals surface area contributed by atoms with Crippen molar-refractivity contribution in [3.05, 3.63) is 49.9 Å². The largest absolute Gasteiger partial charge is 0.477 e. The summed E-state index contributed by atoms with van der Waals surface area (Å²) in [5, 5.41) is 30.1. The maximum Gasteiger partial charge on any atom is 0.410 e. The number of carbonyl (C=O) groups excluding carboxylic acids is 2. The molecule has 0 bridgehead atoms. The molecule has 0 aliphatic carbocycles. The number of fused-ring (bicyclic) bond motifs is 1. The Bertz CT molecular complexity index is 1050. The molecule has 4 atom stereocenters. The Morgan fingerprint density at radius 2 is 2.06 bits per heavy atom. The molecule has 3 aliphatic heterocycles. The van der Waals surface area contributed by atoms with Gasteiger partial charge >= 0.3 is 12.1 Å². The summed E-state index contributed by atoms with van der Waals surface area (Å²) < 4.78 is 5.83. The highest BCUT2D eigenvalue weighted by Gasteiger charge is 2.58. The molecule has 0 spiro atoms. The Morgan fingerprint density at radius 3 is 2.68 bits per heavy atom. The quantitative estimate of drug-likeness (QED) is 0.304. The minimum absolute atomic E-state index is 0.0187. The number of aliphatic carboxylic acids is 1. The lowest BCUT2D eigenvalue weighted by atomic mass is 9.90. The molecule has 3 aliphatic rings. The van der Waals surface area contributed by atoms with Crippen molar-refractivity contribution in [2.45, 2.75) is 43.1 Å². The van der Waals surface area contributed by atoms with Crippen LogP contribution < -0.4 is 0 Å². The number of carboxylic acid groups (broad SMARTS) is 1. The lowest BCUT2D eigenvalue weighted by molar-refractivity contribution is -0.384. The monoisotopic (exact) mass is 509 g/mol. The number of nitro groups is 1. The number of hydrogen-bond acceptors (Lipinski definition) is 9. The number of nitrogens with zero attached hydrogens (tertiary/aromatic N) is 3. The molecule has 1 unspecified atom stereocenters. The van der Waals surface area contributed by atoms with Gasteiger partial charge in [-0.2, -0.15) is 0 Å². The van der Waals surface area contributed by atoms with Crippen LogP contribution in [0.5, 0.6) is 0 Å². The number of amides is 2. The first-order valence-corrected chi connectivity index (χ1v) is 12.4. The van der Waals surface area contributed by atoms with Crippen molar-refractivity contribution in [1.82, 2.24) is 9.80 Å². The average molecular weight is 510 g/mol. The maximum absolute atomic E-state index is 12.5. The third-order valence-electron chi connectivity index (χ3n) is 5.97. The normalized spacial score (nSPS) is 24.6. The van der Waals surface area contributed by atoms with Crippen LogP contribution in [0.3, 0.4) is 0 Å². The van der Waals surface area contributed by atoms with E-state index in [4.69, 9.17) is 4.74 Å². The van der Waals surface area contributed by atoms with Crippen LogP contribution in [0.15, 0.2) is 34.2 Å². The van der Waals surface area contributed by atoms with Crippen molar-refractivity contribution < 1.29 is 34.3 Å². The van der Waals surface area contributed by atoms with Crippen molar-refractivity contribution in [2.75, 3.05) is 13.1 Å². The van der Waals surface area contributed by atoms with Crippen molar-refractivity contribution in [1.29, 1.82) is 0 Å². The van der Waals surface area contributed by atoms with Gasteiger partial charge in [0.25, 0.3) is 5.69 Å². The Balaban J connectivity index is 1.33. The van der Waals surface area contributed by atoms with Gasteiger partial charge in [0.05, 0.1) is 21.2 Å². The Labute approximate surface area is 203 Å². The lowest BCUT2D eigenvalue weighted by Crippen LogP contribution is -2.61. The smallest absolute Gasteiger partial charge is 0.410 e. The van der Waals surface area contributed by atoms with E-state index < -0.39 is 34.4 Å². The van der Waals surface area contributed by atoms with Crippen LogP contribution in [-0.2, 0) is 20.9 Å². The Morgan fingerprint density at radius 1 is 1.35 bits per heavy atom. The predicted molar refractivity (Wildman–Crippen MR) is 124 cm³/mol. The number of ether oxygens (including phenoxy) is 1. The summed E-state index contributed by atoms with van der Waals surface area (Å²) in [7, 11) is 0. The van der Waals surface area contributed by atoms with E-state index in [1.807, 2.05) is 0 Å². The minimum Gasteiger partial charge on any atom is -0.477 e. The summed E-state index contributed by atoms with van der Waals surface area (Å²) in [6.07, 6.45) is -0.286. The van der Waals surface area contributed by atoms with Crippen molar-refractivity contribution in [2.24, 2.45) is 5.92 Å². The van der Waals surface area contributed by atoms with Gasteiger partial charge in [-0.05, 0) is 30.5 Å². The Kier molecular flexibility index (Phi) is 7.05. The molecule has 1 aromatic carbocycles. The van der Waals surface area contributed by atoms with Crippen molar-refractivity contribution in [3.8, 4) is 0 Å².